The van der Waals surface area contributed by atoms with Gasteiger partial charge in [-0.15, -0.1) is 0 Å². The second-order valence-corrected chi connectivity index (χ2v) is 3.03. The maximum absolute atomic E-state index is 5.71. The Labute approximate surface area is 66.9 Å². The fraction of sp³-hybridized carbons (Fsp3) is 0.500. The molecule has 0 unspecified atom stereocenters. The summed E-state index contributed by atoms with van der Waals surface area (Å²) in [5.74, 6) is 0. The fourth-order valence-electron chi connectivity index (χ4n) is 1.22. The van der Waals surface area contributed by atoms with Gasteiger partial charge < -0.3 is 17.2 Å². The maximum Gasteiger partial charge on any atom is 0.0871 e. The van der Waals surface area contributed by atoms with E-state index in [0.29, 0.717) is 6.42 Å². The van der Waals surface area contributed by atoms with E-state index in [1.807, 2.05) is 0 Å². The summed E-state index contributed by atoms with van der Waals surface area (Å²) in [6.07, 6.45) is 5.14. The lowest BCUT2D eigenvalue weighted by Crippen LogP contribution is -2.49. The molecule has 0 radical (unpaired) electrons. The van der Waals surface area contributed by atoms with Crippen molar-refractivity contribution in [1.82, 2.24) is 0 Å². The van der Waals surface area contributed by atoms with Gasteiger partial charge in [0.15, 0.2) is 0 Å². The Morgan fingerprint density at radius 1 is 1.55 bits per heavy atom. The van der Waals surface area contributed by atoms with Crippen LogP contribution in [0.15, 0.2) is 23.4 Å². The SMILES string of the molecule is CCC1=C(N)C=CC(N)(N)C1. The van der Waals surface area contributed by atoms with Crippen LogP contribution < -0.4 is 17.2 Å². The highest BCUT2D eigenvalue weighted by atomic mass is 14.9. The molecular weight excluding hydrogens is 138 g/mol. The van der Waals surface area contributed by atoms with Crippen LogP contribution in [0.1, 0.15) is 19.8 Å². The normalized spacial score (nSPS) is 22.5. The van der Waals surface area contributed by atoms with Gasteiger partial charge in [0.2, 0.25) is 0 Å². The molecule has 11 heavy (non-hydrogen) atoms. The Morgan fingerprint density at radius 2 is 2.18 bits per heavy atom. The van der Waals surface area contributed by atoms with E-state index in [1.165, 1.54) is 0 Å². The molecule has 0 heterocycles. The third-order valence-electron chi connectivity index (χ3n) is 1.93. The summed E-state index contributed by atoms with van der Waals surface area (Å²) in [6, 6.07) is 0. The second-order valence-electron chi connectivity index (χ2n) is 3.03. The largest absolute Gasteiger partial charge is 0.399 e. The molecule has 1 aliphatic rings. The predicted octanol–water partition coefficient (Wildman–Crippen LogP) is 0.183. The van der Waals surface area contributed by atoms with Crippen LogP contribution in [0.25, 0.3) is 0 Å². The van der Waals surface area contributed by atoms with E-state index in [-0.39, 0.29) is 0 Å². The highest BCUT2D eigenvalue weighted by Crippen LogP contribution is 2.21. The lowest BCUT2D eigenvalue weighted by Gasteiger charge is -2.26. The van der Waals surface area contributed by atoms with Crippen LogP contribution in [0, 0.1) is 0 Å². The number of hydrogen-bond acceptors (Lipinski definition) is 3. The monoisotopic (exact) mass is 153 g/mol. The maximum atomic E-state index is 5.71. The summed E-state index contributed by atoms with van der Waals surface area (Å²) in [7, 11) is 0. The summed E-state index contributed by atoms with van der Waals surface area (Å²) < 4.78 is 0. The first-order valence-electron chi connectivity index (χ1n) is 3.79. The van der Waals surface area contributed by atoms with E-state index < -0.39 is 5.66 Å². The molecule has 1 aliphatic carbocycles. The molecule has 3 nitrogen and oxygen atoms in total. The van der Waals surface area contributed by atoms with Gasteiger partial charge in [-0.3, -0.25) is 0 Å². The van der Waals surface area contributed by atoms with E-state index in [0.717, 1.165) is 17.7 Å². The summed E-state index contributed by atoms with van der Waals surface area (Å²) in [6.45, 7) is 2.05. The van der Waals surface area contributed by atoms with Crippen molar-refractivity contribution in [2.24, 2.45) is 17.2 Å². The summed E-state index contributed by atoms with van der Waals surface area (Å²) in [4.78, 5) is 0. The van der Waals surface area contributed by atoms with E-state index in [9.17, 15) is 0 Å². The first-order valence-corrected chi connectivity index (χ1v) is 3.79. The van der Waals surface area contributed by atoms with Gasteiger partial charge in [-0.2, -0.15) is 0 Å². The fourth-order valence-corrected chi connectivity index (χ4v) is 1.22. The standard InChI is InChI=1S/C8H15N3/c1-2-6-5-8(10,11)4-3-7(6)9/h3-4H,2,5,9-11H2,1H3. The van der Waals surface area contributed by atoms with E-state index in [1.54, 1.807) is 12.2 Å². The number of allylic oxidation sites excluding steroid dienone is 1. The number of hydrogen-bond donors (Lipinski definition) is 3. The average Bonchev–Trinajstić information content (AvgIpc) is 1.94. The first kappa shape index (κ1) is 8.30. The minimum atomic E-state index is -0.686. The summed E-state index contributed by atoms with van der Waals surface area (Å²) in [5.41, 5.74) is 18.4. The third kappa shape index (κ3) is 1.82. The lowest BCUT2D eigenvalue weighted by atomic mass is 9.92. The number of rotatable bonds is 1. The van der Waals surface area contributed by atoms with Crippen molar-refractivity contribution in [2.45, 2.75) is 25.4 Å². The van der Waals surface area contributed by atoms with Gasteiger partial charge in [0.25, 0.3) is 0 Å². The van der Waals surface area contributed by atoms with Gasteiger partial charge in [0.05, 0.1) is 5.66 Å². The molecule has 0 aromatic carbocycles. The smallest absolute Gasteiger partial charge is 0.0871 e. The Bertz CT molecular complexity index is 213. The van der Waals surface area contributed by atoms with Crippen molar-refractivity contribution in [3.05, 3.63) is 23.4 Å². The minimum absolute atomic E-state index is 0.672. The second kappa shape index (κ2) is 2.68. The molecule has 0 saturated carbocycles. The molecular formula is C8H15N3. The topological polar surface area (TPSA) is 78.1 Å². The van der Waals surface area contributed by atoms with Gasteiger partial charge in [0.1, 0.15) is 0 Å². The third-order valence-corrected chi connectivity index (χ3v) is 1.93. The molecule has 0 atom stereocenters. The van der Waals surface area contributed by atoms with Crippen LogP contribution in [0.5, 0.6) is 0 Å². The molecule has 0 saturated heterocycles. The van der Waals surface area contributed by atoms with Crippen LogP contribution in [-0.2, 0) is 0 Å². The zero-order chi connectivity index (χ0) is 8.48. The van der Waals surface area contributed by atoms with Gasteiger partial charge in [-0.05, 0) is 24.1 Å². The molecule has 0 fully saturated rings. The van der Waals surface area contributed by atoms with Crippen LogP contribution in [0.3, 0.4) is 0 Å². The van der Waals surface area contributed by atoms with Crippen molar-refractivity contribution in [2.75, 3.05) is 0 Å². The van der Waals surface area contributed by atoms with Gasteiger partial charge in [0, 0.05) is 12.1 Å². The van der Waals surface area contributed by atoms with Crippen molar-refractivity contribution in [3.63, 3.8) is 0 Å². The van der Waals surface area contributed by atoms with Gasteiger partial charge in [-0.25, -0.2) is 0 Å². The van der Waals surface area contributed by atoms with Crippen molar-refractivity contribution < 1.29 is 0 Å². The van der Waals surface area contributed by atoms with Crippen LogP contribution in [0.4, 0.5) is 0 Å². The quantitative estimate of drug-likeness (QED) is 0.470. The molecule has 3 heteroatoms. The van der Waals surface area contributed by atoms with Crippen LogP contribution in [0.2, 0.25) is 0 Å². The molecule has 0 aromatic rings. The zero-order valence-corrected chi connectivity index (χ0v) is 6.80. The Morgan fingerprint density at radius 3 is 2.64 bits per heavy atom. The Balaban J connectivity index is 2.84. The lowest BCUT2D eigenvalue weighted by molar-refractivity contribution is 0.530. The average molecular weight is 153 g/mol. The predicted molar refractivity (Wildman–Crippen MR) is 46.4 cm³/mol. The Hall–Kier alpha value is -0.800. The summed E-state index contributed by atoms with van der Waals surface area (Å²) >= 11 is 0. The molecule has 6 N–H and O–H groups in total. The zero-order valence-electron chi connectivity index (χ0n) is 6.80. The Kier molecular flexibility index (Phi) is 2.02. The van der Waals surface area contributed by atoms with Crippen molar-refractivity contribution in [3.8, 4) is 0 Å². The molecule has 1 rings (SSSR count). The highest BCUT2D eigenvalue weighted by Gasteiger charge is 2.21. The van der Waals surface area contributed by atoms with Gasteiger partial charge >= 0.3 is 0 Å². The molecule has 0 aromatic heterocycles. The molecule has 0 spiro atoms. The van der Waals surface area contributed by atoms with E-state index in [2.05, 4.69) is 6.92 Å². The van der Waals surface area contributed by atoms with Crippen LogP contribution in [-0.4, -0.2) is 5.66 Å². The minimum Gasteiger partial charge on any atom is -0.399 e. The molecule has 0 bridgehead atoms. The highest BCUT2D eigenvalue weighted by molar-refractivity contribution is 5.31. The first-order chi connectivity index (χ1) is 5.05. The molecule has 0 aliphatic heterocycles. The van der Waals surface area contributed by atoms with E-state index in [4.69, 9.17) is 17.2 Å². The molecule has 0 amide bonds. The molecule has 62 valence electrons. The van der Waals surface area contributed by atoms with E-state index >= 15 is 0 Å². The van der Waals surface area contributed by atoms with Gasteiger partial charge in [-0.1, -0.05) is 6.92 Å². The van der Waals surface area contributed by atoms with Crippen molar-refractivity contribution in [1.29, 1.82) is 0 Å². The van der Waals surface area contributed by atoms with Crippen LogP contribution >= 0.6 is 0 Å². The van der Waals surface area contributed by atoms with Crippen molar-refractivity contribution >= 4 is 0 Å². The number of nitrogens with two attached hydrogens (primary N) is 3. The summed E-state index contributed by atoms with van der Waals surface area (Å²) in [5, 5.41) is 0.